The van der Waals surface area contributed by atoms with Crippen LogP contribution in [0.2, 0.25) is 13.1 Å². The SMILES string of the molecule is CC1(C)c2ccccc2-c2cc(-c3c4ccccc4c(-c4ccc5c(c4)-c4ccccc4[Si]5(C)C)c4ccc(-c5ccc6ccccc6c5)cc34)ccc21. The van der Waals surface area contributed by atoms with Gasteiger partial charge in [-0.25, -0.2) is 0 Å². The van der Waals surface area contributed by atoms with Crippen LogP contribution in [0.25, 0.3) is 88.0 Å². The first kappa shape index (κ1) is 31.5. The van der Waals surface area contributed by atoms with Crippen molar-refractivity contribution in [2.24, 2.45) is 0 Å². The van der Waals surface area contributed by atoms with Crippen LogP contribution in [0.4, 0.5) is 0 Å². The van der Waals surface area contributed by atoms with Crippen molar-refractivity contribution in [3.63, 3.8) is 0 Å². The van der Waals surface area contributed by atoms with Crippen molar-refractivity contribution < 1.29 is 0 Å². The van der Waals surface area contributed by atoms with E-state index in [0.29, 0.717) is 0 Å². The summed E-state index contributed by atoms with van der Waals surface area (Å²) in [5.74, 6) is 0. The van der Waals surface area contributed by atoms with Crippen molar-refractivity contribution in [3.8, 4) is 55.6 Å². The fraction of sp³-hybridized carbons (Fsp3) is 0.0943. The molecule has 54 heavy (non-hydrogen) atoms. The standard InChI is InChI=1S/C53H40Si/c1-53(2)47-19-11-9-15-39(47)44-31-37(24-27-48(44)53)52-42-18-8-7-17-41(42)51(38-25-28-50-45(32-38)40-16-10-12-20-49(40)54(50,3)4)43-26-23-36(30-46(43)52)35-22-21-33-13-5-6-14-34(33)29-35/h5-32H,1-4H3. The first-order valence-electron chi connectivity index (χ1n) is 19.3. The van der Waals surface area contributed by atoms with E-state index in [1.165, 1.54) is 104 Å². The summed E-state index contributed by atoms with van der Waals surface area (Å²) in [4.78, 5) is 0. The Balaban J connectivity index is 1.22. The number of hydrogen-bond donors (Lipinski definition) is 0. The average molecular weight is 705 g/mol. The van der Waals surface area contributed by atoms with Crippen molar-refractivity contribution in [2.45, 2.75) is 32.4 Å². The molecule has 1 heteroatoms. The van der Waals surface area contributed by atoms with E-state index in [1.54, 1.807) is 5.19 Å². The summed E-state index contributed by atoms with van der Waals surface area (Å²) >= 11 is 0. The quantitative estimate of drug-likeness (QED) is 0.127. The second-order valence-corrected chi connectivity index (χ2v) is 20.8. The van der Waals surface area contributed by atoms with Gasteiger partial charge in [-0.15, -0.1) is 0 Å². The summed E-state index contributed by atoms with van der Waals surface area (Å²) in [6, 6.07) is 64.6. The Morgan fingerprint density at radius 3 is 1.70 bits per heavy atom. The van der Waals surface area contributed by atoms with Gasteiger partial charge in [0.15, 0.2) is 0 Å². The molecular weight excluding hydrogens is 665 g/mol. The van der Waals surface area contributed by atoms with Crippen LogP contribution >= 0.6 is 0 Å². The predicted molar refractivity (Wildman–Crippen MR) is 235 cm³/mol. The van der Waals surface area contributed by atoms with Crippen molar-refractivity contribution in [1.82, 2.24) is 0 Å². The summed E-state index contributed by atoms with van der Waals surface area (Å²) in [5.41, 5.74) is 15.9. The number of benzene rings is 9. The van der Waals surface area contributed by atoms with Gasteiger partial charge in [0.1, 0.15) is 8.07 Å². The van der Waals surface area contributed by atoms with E-state index in [4.69, 9.17) is 0 Å². The van der Waals surface area contributed by atoms with Crippen LogP contribution in [-0.2, 0) is 5.41 Å². The largest absolute Gasteiger partial charge is 0.113 e. The van der Waals surface area contributed by atoms with Crippen LogP contribution in [0.3, 0.4) is 0 Å². The fourth-order valence-corrected chi connectivity index (χ4v) is 13.2. The van der Waals surface area contributed by atoms with Crippen LogP contribution in [0.1, 0.15) is 25.0 Å². The number of rotatable bonds is 3. The van der Waals surface area contributed by atoms with E-state index in [9.17, 15) is 0 Å². The molecule has 9 aromatic carbocycles. The monoisotopic (exact) mass is 704 g/mol. The zero-order valence-electron chi connectivity index (χ0n) is 31.2. The molecule has 0 fully saturated rings. The van der Waals surface area contributed by atoms with Crippen molar-refractivity contribution >= 4 is 50.8 Å². The van der Waals surface area contributed by atoms with E-state index in [1.807, 2.05) is 0 Å². The van der Waals surface area contributed by atoms with E-state index < -0.39 is 8.07 Å². The summed E-state index contributed by atoms with van der Waals surface area (Å²) in [6.07, 6.45) is 0. The molecule has 0 amide bonds. The fourth-order valence-electron chi connectivity index (χ4n) is 10.1. The van der Waals surface area contributed by atoms with Crippen LogP contribution in [-0.4, -0.2) is 8.07 Å². The van der Waals surface area contributed by atoms with Crippen molar-refractivity contribution in [1.29, 1.82) is 0 Å². The molecule has 2 aliphatic rings. The number of fused-ring (bicyclic) bond motifs is 9. The lowest BCUT2D eigenvalue weighted by atomic mass is 9.81. The summed E-state index contributed by atoms with van der Waals surface area (Å²) < 4.78 is 0. The second kappa shape index (κ2) is 11.2. The molecule has 1 aliphatic carbocycles. The molecule has 0 N–H and O–H groups in total. The molecule has 0 saturated carbocycles. The molecule has 0 unspecified atom stereocenters. The van der Waals surface area contributed by atoms with Gasteiger partial charge in [-0.3, -0.25) is 0 Å². The highest BCUT2D eigenvalue weighted by Crippen LogP contribution is 2.51. The molecule has 0 spiro atoms. The molecule has 0 aromatic heterocycles. The van der Waals surface area contributed by atoms with E-state index >= 15 is 0 Å². The normalized spacial score (nSPS) is 14.6. The molecule has 0 nitrogen and oxygen atoms in total. The third-order valence-electron chi connectivity index (χ3n) is 12.9. The zero-order valence-corrected chi connectivity index (χ0v) is 32.2. The van der Waals surface area contributed by atoms with Gasteiger partial charge in [0.05, 0.1) is 0 Å². The summed E-state index contributed by atoms with van der Waals surface area (Å²) in [7, 11) is -1.77. The smallest absolute Gasteiger partial charge is 0.0623 e. The topological polar surface area (TPSA) is 0 Å². The van der Waals surface area contributed by atoms with Crippen molar-refractivity contribution in [2.75, 3.05) is 0 Å². The zero-order chi connectivity index (χ0) is 36.3. The summed E-state index contributed by atoms with van der Waals surface area (Å²) in [5, 5.41) is 10.8. The van der Waals surface area contributed by atoms with Crippen LogP contribution in [0, 0.1) is 0 Å². The lowest BCUT2D eigenvalue weighted by molar-refractivity contribution is 0.660. The molecule has 0 atom stereocenters. The molecule has 256 valence electrons. The molecule has 0 saturated heterocycles. The average Bonchev–Trinajstić information content (AvgIpc) is 3.58. The maximum atomic E-state index is 2.50. The molecule has 1 heterocycles. The molecule has 1 aliphatic heterocycles. The number of hydrogen-bond acceptors (Lipinski definition) is 0. The minimum absolute atomic E-state index is 0.0364. The molecule has 0 bridgehead atoms. The van der Waals surface area contributed by atoms with Gasteiger partial charge in [-0.1, -0.05) is 173 Å². The van der Waals surface area contributed by atoms with E-state index in [-0.39, 0.29) is 5.41 Å². The Morgan fingerprint density at radius 1 is 0.352 bits per heavy atom. The second-order valence-electron chi connectivity index (χ2n) is 16.5. The minimum atomic E-state index is -1.77. The Labute approximate surface area is 318 Å². The Hall–Kier alpha value is -6.02. The van der Waals surface area contributed by atoms with Gasteiger partial charge in [0, 0.05) is 5.41 Å². The predicted octanol–water partition coefficient (Wildman–Crippen LogP) is 13.3. The Kier molecular flexibility index (Phi) is 6.56. The molecule has 9 aromatic rings. The van der Waals surface area contributed by atoms with Crippen LogP contribution < -0.4 is 10.4 Å². The molecule has 0 radical (unpaired) electrons. The Bertz CT molecular complexity index is 3050. The highest BCUT2D eigenvalue weighted by Gasteiger charge is 2.38. The first-order valence-corrected chi connectivity index (χ1v) is 22.3. The Morgan fingerprint density at radius 2 is 0.889 bits per heavy atom. The maximum Gasteiger partial charge on any atom is 0.113 e. The van der Waals surface area contributed by atoms with Gasteiger partial charge in [0.25, 0.3) is 0 Å². The lowest BCUT2D eigenvalue weighted by Crippen LogP contribution is -2.49. The van der Waals surface area contributed by atoms with Gasteiger partial charge in [-0.2, -0.15) is 0 Å². The first-order chi connectivity index (χ1) is 26.3. The van der Waals surface area contributed by atoms with Crippen LogP contribution in [0.5, 0.6) is 0 Å². The third-order valence-corrected chi connectivity index (χ3v) is 16.4. The third kappa shape index (κ3) is 4.36. The highest BCUT2D eigenvalue weighted by molar-refractivity contribution is 7.03. The molecule has 11 rings (SSSR count). The van der Waals surface area contributed by atoms with Crippen LogP contribution in [0.15, 0.2) is 170 Å². The molecular formula is C53H40Si. The summed E-state index contributed by atoms with van der Waals surface area (Å²) in [6.45, 7) is 9.74. The van der Waals surface area contributed by atoms with Gasteiger partial charge in [0.2, 0.25) is 0 Å². The highest BCUT2D eigenvalue weighted by atomic mass is 28.3. The lowest BCUT2D eigenvalue weighted by Gasteiger charge is -2.22. The van der Waals surface area contributed by atoms with Crippen molar-refractivity contribution in [3.05, 3.63) is 181 Å². The minimum Gasteiger partial charge on any atom is -0.0623 e. The van der Waals surface area contributed by atoms with E-state index in [0.717, 1.165) is 0 Å². The van der Waals surface area contributed by atoms with Gasteiger partial charge < -0.3 is 0 Å². The maximum absolute atomic E-state index is 2.50. The van der Waals surface area contributed by atoms with Gasteiger partial charge in [-0.05, 0) is 134 Å². The van der Waals surface area contributed by atoms with E-state index in [2.05, 4.69) is 197 Å². The van der Waals surface area contributed by atoms with Gasteiger partial charge >= 0.3 is 0 Å².